The minimum Gasteiger partial charge on any atom is -0.302 e. The van der Waals surface area contributed by atoms with Crippen molar-refractivity contribution < 1.29 is 9.59 Å². The fourth-order valence-electron chi connectivity index (χ4n) is 1.95. The van der Waals surface area contributed by atoms with Crippen molar-refractivity contribution in [3.8, 4) is 0 Å². The molecule has 5 nitrogen and oxygen atoms in total. The van der Waals surface area contributed by atoms with E-state index in [0.29, 0.717) is 10.6 Å². The molecule has 3 N–H and O–H groups in total. The van der Waals surface area contributed by atoms with Crippen LogP contribution in [0.4, 0.5) is 0 Å². The molecule has 0 saturated carbocycles. The van der Waals surface area contributed by atoms with E-state index in [1.807, 2.05) is 25.1 Å². The molecule has 2 aromatic rings. The molecule has 0 unspecified atom stereocenters. The van der Waals surface area contributed by atoms with Crippen molar-refractivity contribution in [1.29, 1.82) is 0 Å². The Morgan fingerprint density at radius 1 is 1.00 bits per heavy atom. The maximum Gasteiger partial charge on any atom is 0.269 e. The van der Waals surface area contributed by atoms with Gasteiger partial charge in [-0.05, 0) is 36.8 Å². The van der Waals surface area contributed by atoms with Gasteiger partial charge in [-0.1, -0.05) is 41.9 Å². The molecule has 0 aromatic heterocycles. The summed E-state index contributed by atoms with van der Waals surface area (Å²) in [4.78, 5) is 23.5. The molecule has 0 heterocycles. The number of hydrogen-bond acceptors (Lipinski definition) is 3. The van der Waals surface area contributed by atoms with E-state index in [2.05, 4.69) is 16.2 Å². The van der Waals surface area contributed by atoms with Gasteiger partial charge >= 0.3 is 0 Å². The van der Waals surface area contributed by atoms with Crippen LogP contribution in [0.5, 0.6) is 0 Å². The molecule has 0 radical (unpaired) electrons. The number of hydrogen-bond donors (Lipinski definition) is 3. The number of halogens is 1. The molecule has 2 amide bonds. The van der Waals surface area contributed by atoms with Crippen LogP contribution in [0.1, 0.15) is 28.9 Å². The van der Waals surface area contributed by atoms with Gasteiger partial charge in [0.2, 0.25) is 0 Å². The Morgan fingerprint density at radius 3 is 2.30 bits per heavy atom. The van der Waals surface area contributed by atoms with E-state index >= 15 is 0 Å². The number of benzene rings is 2. The highest BCUT2D eigenvalue weighted by atomic mass is 35.5. The fourth-order valence-corrected chi connectivity index (χ4v) is 2.07. The van der Waals surface area contributed by atoms with E-state index < -0.39 is 0 Å². The third-order valence-corrected chi connectivity index (χ3v) is 3.54. The van der Waals surface area contributed by atoms with Crippen molar-refractivity contribution in [3.05, 3.63) is 70.7 Å². The first-order valence-electron chi connectivity index (χ1n) is 7.19. The normalized spacial score (nSPS) is 11.6. The van der Waals surface area contributed by atoms with Crippen molar-refractivity contribution >= 4 is 23.4 Å². The quantitative estimate of drug-likeness (QED) is 0.737. The molecule has 1 atom stereocenters. The molecule has 6 heteroatoms. The lowest BCUT2D eigenvalue weighted by Gasteiger charge is -2.14. The summed E-state index contributed by atoms with van der Waals surface area (Å²) >= 11 is 5.84. The summed E-state index contributed by atoms with van der Waals surface area (Å²) < 4.78 is 0. The van der Waals surface area contributed by atoms with Crippen LogP contribution < -0.4 is 16.2 Å². The monoisotopic (exact) mass is 331 g/mol. The second-order valence-electron chi connectivity index (χ2n) is 5.02. The van der Waals surface area contributed by atoms with Gasteiger partial charge in [-0.2, -0.15) is 0 Å². The van der Waals surface area contributed by atoms with Crippen LogP contribution in [0, 0.1) is 0 Å². The Kier molecular flexibility index (Phi) is 6.14. The van der Waals surface area contributed by atoms with Crippen molar-refractivity contribution in [3.63, 3.8) is 0 Å². The van der Waals surface area contributed by atoms with E-state index in [1.54, 1.807) is 36.4 Å². The minimum atomic E-state index is -0.357. The standard InChI is InChI=1S/C17H18ClN3O2/c1-12(13-7-9-15(18)10-8-13)19-11-16(22)20-21-17(23)14-5-3-2-4-6-14/h2-10,12,19H,11H2,1H3,(H,20,22)(H,21,23)/t12-/m1/s1. The third kappa shape index (κ3) is 5.39. The SMILES string of the molecule is C[C@@H](NCC(=O)NNC(=O)c1ccccc1)c1ccc(Cl)cc1. The lowest BCUT2D eigenvalue weighted by Crippen LogP contribution is -2.45. The highest BCUT2D eigenvalue weighted by Crippen LogP contribution is 2.15. The van der Waals surface area contributed by atoms with Crippen molar-refractivity contribution in [2.75, 3.05) is 6.54 Å². The maximum absolute atomic E-state index is 11.8. The molecule has 0 spiro atoms. The lowest BCUT2D eigenvalue weighted by atomic mass is 10.1. The summed E-state index contributed by atoms with van der Waals surface area (Å²) in [6, 6.07) is 16.1. The zero-order chi connectivity index (χ0) is 16.7. The van der Waals surface area contributed by atoms with Gasteiger partial charge in [0.15, 0.2) is 0 Å². The van der Waals surface area contributed by atoms with Gasteiger partial charge in [-0.25, -0.2) is 0 Å². The molecule has 0 fully saturated rings. The minimum absolute atomic E-state index is 0.0113. The number of hydrazine groups is 1. The molecule has 0 aliphatic rings. The number of carbonyl (C=O) groups is 2. The number of amides is 2. The Hall–Kier alpha value is -2.37. The van der Waals surface area contributed by atoms with Crippen LogP contribution in [-0.4, -0.2) is 18.4 Å². The van der Waals surface area contributed by atoms with Crippen LogP contribution in [0.3, 0.4) is 0 Å². The highest BCUT2D eigenvalue weighted by molar-refractivity contribution is 6.30. The maximum atomic E-state index is 11.8. The van der Waals surface area contributed by atoms with E-state index in [4.69, 9.17) is 11.6 Å². The zero-order valence-electron chi connectivity index (χ0n) is 12.7. The zero-order valence-corrected chi connectivity index (χ0v) is 13.4. The first-order valence-corrected chi connectivity index (χ1v) is 7.57. The van der Waals surface area contributed by atoms with Gasteiger partial charge in [-0.3, -0.25) is 20.4 Å². The summed E-state index contributed by atoms with van der Waals surface area (Å²) in [5.74, 6) is -0.681. The first-order chi connectivity index (χ1) is 11.1. The molecule has 120 valence electrons. The Labute approximate surface area is 140 Å². The summed E-state index contributed by atoms with van der Waals surface area (Å²) in [7, 11) is 0. The molecular weight excluding hydrogens is 314 g/mol. The van der Waals surface area contributed by atoms with Crippen LogP contribution in [0.15, 0.2) is 54.6 Å². The molecule has 0 bridgehead atoms. The van der Waals surface area contributed by atoms with Crippen LogP contribution in [0.2, 0.25) is 5.02 Å². The number of rotatable bonds is 5. The van der Waals surface area contributed by atoms with Gasteiger partial charge in [0, 0.05) is 16.6 Å². The Bertz CT molecular complexity index is 659. The summed E-state index contributed by atoms with van der Waals surface area (Å²) in [6.07, 6.45) is 0. The van der Waals surface area contributed by atoms with E-state index in [1.165, 1.54) is 0 Å². The summed E-state index contributed by atoms with van der Waals surface area (Å²) in [5, 5.41) is 3.74. The summed E-state index contributed by atoms with van der Waals surface area (Å²) in [6.45, 7) is 2.03. The summed E-state index contributed by atoms with van der Waals surface area (Å²) in [5.41, 5.74) is 6.25. The lowest BCUT2D eigenvalue weighted by molar-refractivity contribution is -0.121. The second-order valence-corrected chi connectivity index (χ2v) is 5.46. The topological polar surface area (TPSA) is 70.2 Å². The molecule has 2 aromatic carbocycles. The fraction of sp³-hybridized carbons (Fsp3) is 0.176. The van der Waals surface area contributed by atoms with Crippen molar-refractivity contribution in [2.24, 2.45) is 0 Å². The van der Waals surface area contributed by atoms with E-state index in [0.717, 1.165) is 5.56 Å². The third-order valence-electron chi connectivity index (χ3n) is 3.29. The van der Waals surface area contributed by atoms with Crippen molar-refractivity contribution in [2.45, 2.75) is 13.0 Å². The molecule has 0 aliphatic carbocycles. The van der Waals surface area contributed by atoms with Gasteiger partial charge in [0.25, 0.3) is 11.8 Å². The van der Waals surface area contributed by atoms with Gasteiger partial charge in [-0.15, -0.1) is 0 Å². The Morgan fingerprint density at radius 2 is 1.65 bits per heavy atom. The predicted octanol–water partition coefficient (Wildman–Crippen LogP) is 2.45. The second kappa shape index (κ2) is 8.31. The van der Waals surface area contributed by atoms with Crippen LogP contribution in [0.25, 0.3) is 0 Å². The Balaban J connectivity index is 1.74. The average Bonchev–Trinajstić information content (AvgIpc) is 2.59. The van der Waals surface area contributed by atoms with Crippen molar-refractivity contribution in [1.82, 2.24) is 16.2 Å². The largest absolute Gasteiger partial charge is 0.302 e. The van der Waals surface area contributed by atoms with Crippen LogP contribution >= 0.6 is 11.6 Å². The predicted molar refractivity (Wildman–Crippen MR) is 89.9 cm³/mol. The first kappa shape index (κ1) is 17.0. The van der Waals surface area contributed by atoms with Crippen LogP contribution in [-0.2, 0) is 4.79 Å². The smallest absolute Gasteiger partial charge is 0.269 e. The highest BCUT2D eigenvalue weighted by Gasteiger charge is 2.09. The molecule has 2 rings (SSSR count). The van der Waals surface area contributed by atoms with Gasteiger partial charge < -0.3 is 5.32 Å². The van der Waals surface area contributed by atoms with E-state index in [-0.39, 0.29) is 24.4 Å². The average molecular weight is 332 g/mol. The van der Waals surface area contributed by atoms with E-state index in [9.17, 15) is 9.59 Å². The van der Waals surface area contributed by atoms with Gasteiger partial charge in [0.1, 0.15) is 0 Å². The molecule has 0 saturated heterocycles. The molecule has 0 aliphatic heterocycles. The molecular formula is C17H18ClN3O2. The number of carbonyl (C=O) groups excluding carboxylic acids is 2. The van der Waals surface area contributed by atoms with Gasteiger partial charge in [0.05, 0.1) is 6.54 Å². The molecule has 23 heavy (non-hydrogen) atoms. The number of nitrogens with one attached hydrogen (secondary N) is 3.